The zero-order chi connectivity index (χ0) is 13.3. The zero-order valence-corrected chi connectivity index (χ0v) is 10.7. The highest BCUT2D eigenvalue weighted by Gasteiger charge is 2.10. The molecule has 2 aromatic rings. The van der Waals surface area contributed by atoms with Crippen LogP contribution in [0.2, 0.25) is 0 Å². The van der Waals surface area contributed by atoms with Gasteiger partial charge in [-0.1, -0.05) is 12.1 Å². The number of anilines is 1. The van der Waals surface area contributed by atoms with Gasteiger partial charge in [0.2, 0.25) is 0 Å². The number of hydrogen-bond acceptors (Lipinski definition) is 4. The Morgan fingerprint density at radius 1 is 1.28 bits per heavy atom. The lowest BCUT2D eigenvalue weighted by atomic mass is 10.2. The Labute approximate surface area is 106 Å². The summed E-state index contributed by atoms with van der Waals surface area (Å²) < 4.78 is 1.81. The third-order valence-corrected chi connectivity index (χ3v) is 3.06. The maximum atomic E-state index is 9.71. The minimum absolute atomic E-state index is 0.0794. The van der Waals surface area contributed by atoms with Crippen molar-refractivity contribution in [1.82, 2.24) is 9.78 Å². The fourth-order valence-electron chi connectivity index (χ4n) is 1.93. The van der Waals surface area contributed by atoms with Crippen LogP contribution in [0.25, 0.3) is 0 Å². The van der Waals surface area contributed by atoms with Crippen molar-refractivity contribution in [2.75, 3.05) is 5.32 Å². The fourth-order valence-corrected chi connectivity index (χ4v) is 1.93. The molecule has 0 aliphatic carbocycles. The van der Waals surface area contributed by atoms with Gasteiger partial charge < -0.3 is 15.5 Å². The van der Waals surface area contributed by atoms with Crippen LogP contribution < -0.4 is 5.32 Å². The molecule has 0 saturated heterocycles. The van der Waals surface area contributed by atoms with E-state index in [1.165, 1.54) is 6.07 Å². The molecule has 1 heterocycles. The first kappa shape index (κ1) is 12.3. The smallest absolute Gasteiger partial charge is 0.162 e. The van der Waals surface area contributed by atoms with E-state index in [1.54, 1.807) is 16.8 Å². The number of phenols is 2. The quantitative estimate of drug-likeness (QED) is 0.726. The van der Waals surface area contributed by atoms with Crippen molar-refractivity contribution in [3.63, 3.8) is 0 Å². The van der Waals surface area contributed by atoms with Gasteiger partial charge in [-0.15, -0.1) is 0 Å². The Hall–Kier alpha value is -2.17. The van der Waals surface area contributed by atoms with Crippen LogP contribution >= 0.6 is 0 Å². The van der Waals surface area contributed by atoms with Crippen LogP contribution in [0, 0.1) is 13.8 Å². The maximum Gasteiger partial charge on any atom is 0.162 e. The zero-order valence-electron chi connectivity index (χ0n) is 10.7. The topological polar surface area (TPSA) is 70.3 Å². The van der Waals surface area contributed by atoms with Crippen LogP contribution in [0.5, 0.6) is 11.5 Å². The number of nitrogens with one attached hydrogen (secondary N) is 1. The molecule has 5 heteroatoms. The summed E-state index contributed by atoms with van der Waals surface area (Å²) in [5.41, 5.74) is 3.56. The van der Waals surface area contributed by atoms with Crippen molar-refractivity contribution >= 4 is 5.69 Å². The van der Waals surface area contributed by atoms with Gasteiger partial charge in [-0.05, 0) is 19.9 Å². The summed E-state index contributed by atoms with van der Waals surface area (Å²) in [5, 5.41) is 26.7. The second-order valence-electron chi connectivity index (χ2n) is 4.31. The molecule has 0 radical (unpaired) electrons. The molecule has 3 N–H and O–H groups in total. The standard InChI is InChI=1S/C13H17N3O2/c1-8-12(9(2)16(3)15-8)14-7-10-5-4-6-11(17)13(10)18/h4-6,14,17-18H,7H2,1-3H3. The van der Waals surface area contributed by atoms with Crippen molar-refractivity contribution in [1.29, 1.82) is 0 Å². The van der Waals surface area contributed by atoms with E-state index in [-0.39, 0.29) is 11.5 Å². The molecular formula is C13H17N3O2. The normalized spacial score (nSPS) is 10.6. The number of nitrogens with zero attached hydrogens (tertiary/aromatic N) is 2. The Kier molecular flexibility index (Phi) is 3.14. The molecule has 0 saturated carbocycles. The molecular weight excluding hydrogens is 230 g/mol. The van der Waals surface area contributed by atoms with E-state index in [2.05, 4.69) is 10.4 Å². The van der Waals surface area contributed by atoms with Crippen molar-refractivity contribution in [2.24, 2.45) is 7.05 Å². The van der Waals surface area contributed by atoms with Crippen LogP contribution in [0.4, 0.5) is 5.69 Å². The first-order valence-corrected chi connectivity index (χ1v) is 5.74. The molecule has 0 aliphatic heterocycles. The van der Waals surface area contributed by atoms with Gasteiger partial charge in [-0.2, -0.15) is 5.10 Å². The number of aromatic hydroxyl groups is 2. The lowest BCUT2D eigenvalue weighted by molar-refractivity contribution is 0.400. The Balaban J connectivity index is 2.19. The van der Waals surface area contributed by atoms with Gasteiger partial charge in [0.25, 0.3) is 0 Å². The number of benzene rings is 1. The second kappa shape index (κ2) is 4.60. The number of aryl methyl sites for hydroxylation is 2. The summed E-state index contributed by atoms with van der Waals surface area (Å²) >= 11 is 0. The highest BCUT2D eigenvalue weighted by molar-refractivity contribution is 5.53. The second-order valence-corrected chi connectivity index (χ2v) is 4.31. The summed E-state index contributed by atoms with van der Waals surface area (Å²) in [6, 6.07) is 4.93. The van der Waals surface area contributed by atoms with E-state index >= 15 is 0 Å². The fraction of sp³-hybridized carbons (Fsp3) is 0.308. The van der Waals surface area contributed by atoms with Crippen LogP contribution in [0.1, 0.15) is 17.0 Å². The Morgan fingerprint density at radius 3 is 2.61 bits per heavy atom. The summed E-state index contributed by atoms with van der Waals surface area (Å²) in [7, 11) is 1.89. The molecule has 18 heavy (non-hydrogen) atoms. The summed E-state index contributed by atoms with van der Waals surface area (Å²) in [6.45, 7) is 4.34. The molecule has 5 nitrogen and oxygen atoms in total. The lowest BCUT2D eigenvalue weighted by Gasteiger charge is -2.09. The molecule has 0 atom stereocenters. The predicted octanol–water partition coefficient (Wildman–Crippen LogP) is 2.06. The molecule has 2 rings (SSSR count). The number of rotatable bonds is 3. The van der Waals surface area contributed by atoms with Crippen molar-refractivity contribution < 1.29 is 10.2 Å². The minimum Gasteiger partial charge on any atom is -0.504 e. The average Bonchev–Trinajstić information content (AvgIpc) is 2.56. The first-order chi connectivity index (χ1) is 8.50. The third kappa shape index (κ3) is 2.11. The maximum absolute atomic E-state index is 9.71. The lowest BCUT2D eigenvalue weighted by Crippen LogP contribution is -2.02. The summed E-state index contributed by atoms with van der Waals surface area (Å²) in [4.78, 5) is 0. The Morgan fingerprint density at radius 2 is 2.00 bits per heavy atom. The molecule has 0 aliphatic rings. The largest absolute Gasteiger partial charge is 0.504 e. The van der Waals surface area contributed by atoms with Gasteiger partial charge in [0, 0.05) is 19.2 Å². The summed E-state index contributed by atoms with van der Waals surface area (Å²) in [5.74, 6) is -0.182. The molecule has 0 amide bonds. The average molecular weight is 247 g/mol. The SMILES string of the molecule is Cc1nn(C)c(C)c1NCc1cccc(O)c1O. The monoisotopic (exact) mass is 247 g/mol. The van der Waals surface area contributed by atoms with Crippen molar-refractivity contribution in [3.8, 4) is 11.5 Å². The molecule has 0 fully saturated rings. The molecule has 96 valence electrons. The van der Waals surface area contributed by atoms with Gasteiger partial charge >= 0.3 is 0 Å². The van der Waals surface area contributed by atoms with Gasteiger partial charge in [-0.25, -0.2) is 0 Å². The van der Waals surface area contributed by atoms with E-state index in [4.69, 9.17) is 0 Å². The summed E-state index contributed by atoms with van der Waals surface area (Å²) in [6.07, 6.45) is 0. The van der Waals surface area contributed by atoms with Gasteiger partial charge in [0.15, 0.2) is 11.5 Å². The molecule has 1 aromatic carbocycles. The molecule has 0 bridgehead atoms. The van der Waals surface area contributed by atoms with Crippen molar-refractivity contribution in [2.45, 2.75) is 20.4 Å². The molecule has 0 spiro atoms. The van der Waals surface area contributed by atoms with Crippen LogP contribution in [-0.4, -0.2) is 20.0 Å². The van der Waals surface area contributed by atoms with Gasteiger partial charge in [0.05, 0.1) is 17.1 Å². The highest BCUT2D eigenvalue weighted by atomic mass is 16.3. The number of phenolic OH excluding ortho intramolecular Hbond substituents is 2. The Bertz CT molecular complexity index is 576. The number of para-hydroxylation sites is 1. The first-order valence-electron chi connectivity index (χ1n) is 5.74. The van der Waals surface area contributed by atoms with E-state index in [1.807, 2.05) is 20.9 Å². The predicted molar refractivity (Wildman–Crippen MR) is 69.8 cm³/mol. The van der Waals surface area contributed by atoms with Gasteiger partial charge in [-0.3, -0.25) is 4.68 Å². The van der Waals surface area contributed by atoms with Crippen molar-refractivity contribution in [3.05, 3.63) is 35.2 Å². The van der Waals surface area contributed by atoms with Crippen LogP contribution in [0.15, 0.2) is 18.2 Å². The van der Waals surface area contributed by atoms with Gasteiger partial charge in [0.1, 0.15) is 0 Å². The van der Waals surface area contributed by atoms with E-state index < -0.39 is 0 Å². The number of hydrogen-bond donors (Lipinski definition) is 3. The van der Waals surface area contributed by atoms with Crippen LogP contribution in [0.3, 0.4) is 0 Å². The molecule has 1 aromatic heterocycles. The highest BCUT2D eigenvalue weighted by Crippen LogP contribution is 2.29. The van der Waals surface area contributed by atoms with E-state index in [0.717, 1.165) is 17.1 Å². The molecule has 0 unspecified atom stereocenters. The van der Waals surface area contributed by atoms with E-state index in [9.17, 15) is 10.2 Å². The minimum atomic E-state index is -0.103. The van der Waals surface area contributed by atoms with Crippen LogP contribution in [-0.2, 0) is 13.6 Å². The third-order valence-electron chi connectivity index (χ3n) is 3.06. The number of aromatic nitrogens is 2. The van der Waals surface area contributed by atoms with E-state index in [0.29, 0.717) is 12.1 Å².